The normalized spacial score (nSPS) is 16.4. The molecule has 0 aromatic carbocycles. The summed E-state index contributed by atoms with van der Waals surface area (Å²) in [6, 6.07) is 0. The van der Waals surface area contributed by atoms with E-state index in [1.165, 1.54) is 0 Å². The van der Waals surface area contributed by atoms with Crippen LogP contribution >= 0.6 is 19.2 Å². The Morgan fingerprint density at radius 2 is 2.17 bits per heavy atom. The van der Waals surface area contributed by atoms with Crippen LogP contribution in [0.5, 0.6) is 0 Å². The maximum absolute atomic E-state index is 11.5. The topological polar surface area (TPSA) is 55.8 Å². The molecular formula is C6H14ClO4P. The average molecular weight is 217 g/mol. The molecule has 6 heteroatoms. The van der Waals surface area contributed by atoms with Gasteiger partial charge in [0.2, 0.25) is 0 Å². The van der Waals surface area contributed by atoms with Crippen LogP contribution in [-0.2, 0) is 13.6 Å². The van der Waals surface area contributed by atoms with Gasteiger partial charge in [-0.05, 0) is 13.8 Å². The number of hydrogen-bond donors (Lipinski definition) is 1. The lowest BCUT2D eigenvalue weighted by molar-refractivity contribution is 0.144. The van der Waals surface area contributed by atoms with Gasteiger partial charge in [-0.1, -0.05) is 0 Å². The van der Waals surface area contributed by atoms with Crippen LogP contribution in [0.4, 0.5) is 0 Å². The predicted molar refractivity (Wildman–Crippen MR) is 47.6 cm³/mol. The number of rotatable bonds is 6. The van der Waals surface area contributed by atoms with E-state index < -0.39 is 7.60 Å². The van der Waals surface area contributed by atoms with Crippen molar-refractivity contribution in [2.24, 2.45) is 0 Å². The first kappa shape index (κ1) is 12.4. The fourth-order valence-corrected chi connectivity index (χ4v) is 2.16. The van der Waals surface area contributed by atoms with Gasteiger partial charge in [0.25, 0.3) is 0 Å². The molecule has 0 aliphatic rings. The van der Waals surface area contributed by atoms with Crippen molar-refractivity contribution in [3.63, 3.8) is 0 Å². The smallest absolute Gasteiger partial charge is 0.345 e. The SMILES string of the molecule is CC(C)O[P@](=O)(CCl)OCCO. The predicted octanol–water partition coefficient (Wildman–Crippen LogP) is 1.81. The highest BCUT2D eigenvalue weighted by molar-refractivity contribution is 7.55. The number of hydrogen-bond acceptors (Lipinski definition) is 4. The van der Waals surface area contributed by atoms with Gasteiger partial charge in [0.15, 0.2) is 0 Å². The molecule has 0 aliphatic heterocycles. The minimum Gasteiger partial charge on any atom is -0.394 e. The molecule has 0 radical (unpaired) electrons. The molecule has 0 aromatic heterocycles. The van der Waals surface area contributed by atoms with Crippen LogP contribution in [0.25, 0.3) is 0 Å². The van der Waals surface area contributed by atoms with Crippen molar-refractivity contribution in [2.45, 2.75) is 20.0 Å². The molecular weight excluding hydrogens is 202 g/mol. The third kappa shape index (κ3) is 5.12. The third-order valence-electron chi connectivity index (χ3n) is 0.897. The van der Waals surface area contributed by atoms with E-state index in [0.717, 1.165) is 0 Å². The highest BCUT2D eigenvalue weighted by atomic mass is 35.5. The largest absolute Gasteiger partial charge is 0.394 e. The molecule has 0 aliphatic carbocycles. The summed E-state index contributed by atoms with van der Waals surface area (Å²) in [6.07, 6.45) is -0.201. The molecule has 0 aromatic rings. The summed E-state index contributed by atoms with van der Waals surface area (Å²) in [5, 5.41) is 8.41. The first-order valence-corrected chi connectivity index (χ1v) is 5.89. The van der Waals surface area contributed by atoms with E-state index in [9.17, 15) is 4.57 Å². The number of halogens is 1. The van der Waals surface area contributed by atoms with E-state index in [1.807, 2.05) is 0 Å². The molecule has 0 fully saturated rings. The van der Waals surface area contributed by atoms with E-state index in [4.69, 9.17) is 25.8 Å². The minimum atomic E-state index is -3.17. The molecule has 0 heterocycles. The van der Waals surface area contributed by atoms with Gasteiger partial charge in [0.1, 0.15) is 5.62 Å². The number of alkyl halides is 1. The zero-order chi connectivity index (χ0) is 9.61. The molecule has 1 N–H and O–H groups in total. The number of aliphatic hydroxyl groups is 1. The van der Waals surface area contributed by atoms with Crippen LogP contribution in [0.3, 0.4) is 0 Å². The second-order valence-electron chi connectivity index (χ2n) is 2.44. The van der Waals surface area contributed by atoms with Crippen molar-refractivity contribution in [1.82, 2.24) is 0 Å². The molecule has 4 nitrogen and oxygen atoms in total. The molecule has 0 saturated heterocycles. The summed E-state index contributed by atoms with van der Waals surface area (Å²) in [6.45, 7) is 3.27. The zero-order valence-corrected chi connectivity index (χ0v) is 8.85. The van der Waals surface area contributed by atoms with Crippen LogP contribution in [-0.4, -0.2) is 30.0 Å². The van der Waals surface area contributed by atoms with Gasteiger partial charge in [-0.3, -0.25) is 4.57 Å². The van der Waals surface area contributed by atoms with E-state index in [1.54, 1.807) is 13.8 Å². The summed E-state index contributed by atoms with van der Waals surface area (Å²) in [5.41, 5.74) is -0.189. The second-order valence-corrected chi connectivity index (χ2v) is 5.09. The molecule has 74 valence electrons. The lowest BCUT2D eigenvalue weighted by Crippen LogP contribution is -2.06. The Bertz CT molecular complexity index is 162. The monoisotopic (exact) mass is 216 g/mol. The molecule has 1 atom stereocenters. The van der Waals surface area contributed by atoms with Crippen molar-refractivity contribution in [3.05, 3.63) is 0 Å². The van der Waals surface area contributed by atoms with Crippen LogP contribution in [0.1, 0.15) is 13.8 Å². The molecule has 0 spiro atoms. The van der Waals surface area contributed by atoms with E-state index in [0.29, 0.717) is 0 Å². The Morgan fingerprint density at radius 3 is 2.50 bits per heavy atom. The summed E-state index contributed by atoms with van der Waals surface area (Å²) in [7, 11) is -3.17. The van der Waals surface area contributed by atoms with Gasteiger partial charge in [0, 0.05) is 0 Å². The minimum absolute atomic E-state index is 0.0171. The summed E-state index contributed by atoms with van der Waals surface area (Å²) in [4.78, 5) is 0. The highest BCUT2D eigenvalue weighted by Gasteiger charge is 2.24. The summed E-state index contributed by atoms with van der Waals surface area (Å²) < 4.78 is 21.2. The molecule has 12 heavy (non-hydrogen) atoms. The maximum atomic E-state index is 11.5. The van der Waals surface area contributed by atoms with E-state index in [-0.39, 0.29) is 24.9 Å². The van der Waals surface area contributed by atoms with Crippen LogP contribution in [0, 0.1) is 0 Å². The van der Waals surface area contributed by atoms with Crippen LogP contribution in [0.2, 0.25) is 0 Å². The number of aliphatic hydroxyl groups excluding tert-OH is 1. The van der Waals surface area contributed by atoms with Gasteiger partial charge < -0.3 is 14.2 Å². The Labute approximate surface area is 77.4 Å². The molecule has 0 rings (SSSR count). The van der Waals surface area contributed by atoms with Crippen molar-refractivity contribution in [2.75, 3.05) is 18.8 Å². The Morgan fingerprint density at radius 1 is 1.58 bits per heavy atom. The maximum Gasteiger partial charge on any atom is 0.345 e. The van der Waals surface area contributed by atoms with Gasteiger partial charge in [-0.2, -0.15) is 0 Å². The van der Waals surface area contributed by atoms with E-state index in [2.05, 4.69) is 0 Å². The molecule has 0 amide bonds. The van der Waals surface area contributed by atoms with Crippen molar-refractivity contribution < 1.29 is 18.7 Å². The molecule has 0 bridgehead atoms. The fourth-order valence-electron chi connectivity index (χ4n) is 0.594. The van der Waals surface area contributed by atoms with Crippen LogP contribution < -0.4 is 0 Å². The quantitative estimate of drug-likeness (QED) is 0.544. The molecule has 0 unspecified atom stereocenters. The van der Waals surface area contributed by atoms with Gasteiger partial charge in [-0.15, -0.1) is 11.6 Å². The Kier molecular flexibility index (Phi) is 6.14. The first-order chi connectivity index (χ1) is 5.54. The Hall–Kier alpha value is 0.400. The summed E-state index contributed by atoms with van der Waals surface area (Å²) >= 11 is 5.39. The van der Waals surface area contributed by atoms with Crippen molar-refractivity contribution in [3.8, 4) is 0 Å². The van der Waals surface area contributed by atoms with Gasteiger partial charge >= 0.3 is 7.60 Å². The molecule has 0 saturated carbocycles. The van der Waals surface area contributed by atoms with Crippen LogP contribution in [0.15, 0.2) is 0 Å². The fraction of sp³-hybridized carbons (Fsp3) is 1.00. The van der Waals surface area contributed by atoms with Gasteiger partial charge in [0.05, 0.1) is 19.3 Å². The Balaban J connectivity index is 3.96. The highest BCUT2D eigenvalue weighted by Crippen LogP contribution is 2.49. The van der Waals surface area contributed by atoms with E-state index >= 15 is 0 Å². The first-order valence-electron chi connectivity index (χ1n) is 3.63. The van der Waals surface area contributed by atoms with Crippen molar-refractivity contribution in [1.29, 1.82) is 0 Å². The summed E-state index contributed by atoms with van der Waals surface area (Å²) in [5.74, 6) is 0. The lowest BCUT2D eigenvalue weighted by Gasteiger charge is -2.17. The third-order valence-corrected chi connectivity index (χ3v) is 3.39. The van der Waals surface area contributed by atoms with Gasteiger partial charge in [-0.25, -0.2) is 0 Å². The zero-order valence-electron chi connectivity index (χ0n) is 7.20. The second kappa shape index (κ2) is 5.95. The van der Waals surface area contributed by atoms with Crippen molar-refractivity contribution >= 4 is 19.2 Å². The average Bonchev–Trinajstić information content (AvgIpc) is 2.00. The lowest BCUT2D eigenvalue weighted by atomic mass is 10.5. The standard InChI is InChI=1S/C6H14ClO4P/c1-6(2)11-12(9,5-7)10-4-3-8/h6,8H,3-5H2,1-2H3/t12-/m0/s1.